The van der Waals surface area contributed by atoms with Crippen LogP contribution >= 0.6 is 11.8 Å². The van der Waals surface area contributed by atoms with Crippen LogP contribution in [0.3, 0.4) is 0 Å². The van der Waals surface area contributed by atoms with Gasteiger partial charge >= 0.3 is 5.97 Å². The van der Waals surface area contributed by atoms with Crippen LogP contribution in [0.4, 0.5) is 0 Å². The molecule has 0 aliphatic carbocycles. The molecule has 0 bridgehead atoms. The fourth-order valence-corrected chi connectivity index (χ4v) is 2.83. The fraction of sp³-hybridized carbons (Fsp3) is 0.800. The molecule has 0 saturated carbocycles. The summed E-state index contributed by atoms with van der Waals surface area (Å²) in [6, 6.07) is -0.920. The predicted octanol–water partition coefficient (Wildman–Crippen LogP) is 0.142. The Morgan fingerprint density at radius 3 is 2.69 bits per heavy atom. The Morgan fingerprint density at radius 2 is 2.19 bits per heavy atom. The highest BCUT2D eigenvalue weighted by atomic mass is 32.2. The van der Waals surface area contributed by atoms with Gasteiger partial charge in [0, 0.05) is 23.6 Å². The Balaban J connectivity index is 2.56. The van der Waals surface area contributed by atoms with Crippen molar-refractivity contribution in [2.45, 2.75) is 31.1 Å². The lowest BCUT2D eigenvalue weighted by molar-refractivity contribution is -0.142. The molecule has 1 rings (SSSR count). The Kier molecular flexibility index (Phi) is 4.21. The third kappa shape index (κ3) is 3.68. The summed E-state index contributed by atoms with van der Waals surface area (Å²) in [5, 5.41) is 8.58. The third-order valence-electron chi connectivity index (χ3n) is 2.45. The van der Waals surface area contributed by atoms with E-state index in [2.05, 4.69) is 13.8 Å². The first-order valence-electron chi connectivity index (χ1n) is 5.22. The molecular formula is C10H18N2O3S. The highest BCUT2D eigenvalue weighted by Gasteiger charge is 2.32. The van der Waals surface area contributed by atoms with Gasteiger partial charge in [-0.25, -0.2) is 0 Å². The number of carboxylic acid groups (broad SMARTS) is 1. The van der Waals surface area contributed by atoms with Crippen molar-refractivity contribution in [1.29, 1.82) is 0 Å². The van der Waals surface area contributed by atoms with E-state index in [-0.39, 0.29) is 17.1 Å². The number of carbonyl (C=O) groups is 2. The second-order valence-corrected chi connectivity index (χ2v) is 6.37. The van der Waals surface area contributed by atoms with Gasteiger partial charge in [-0.05, 0) is 13.8 Å². The van der Waals surface area contributed by atoms with Crippen molar-refractivity contribution in [2.24, 2.45) is 5.73 Å². The molecule has 1 amide bonds. The number of hydrogen-bond acceptors (Lipinski definition) is 4. The van der Waals surface area contributed by atoms with Gasteiger partial charge in [0.15, 0.2) is 0 Å². The molecule has 5 nitrogen and oxygen atoms in total. The summed E-state index contributed by atoms with van der Waals surface area (Å²) in [5.41, 5.74) is 5.56. The van der Waals surface area contributed by atoms with E-state index in [0.29, 0.717) is 13.1 Å². The summed E-state index contributed by atoms with van der Waals surface area (Å²) in [5.74, 6) is -0.416. The number of rotatable bonds is 3. The van der Waals surface area contributed by atoms with Crippen molar-refractivity contribution in [3.05, 3.63) is 0 Å². The van der Waals surface area contributed by atoms with E-state index < -0.39 is 12.0 Å². The maximum Gasteiger partial charge on any atom is 0.305 e. The molecule has 0 aromatic carbocycles. The topological polar surface area (TPSA) is 83.6 Å². The van der Waals surface area contributed by atoms with E-state index in [1.165, 1.54) is 0 Å². The monoisotopic (exact) mass is 246 g/mol. The van der Waals surface area contributed by atoms with Gasteiger partial charge in [-0.1, -0.05) is 0 Å². The van der Waals surface area contributed by atoms with Crippen molar-refractivity contribution in [2.75, 3.05) is 18.8 Å². The minimum atomic E-state index is -1.04. The first-order chi connectivity index (χ1) is 7.32. The molecule has 1 unspecified atom stereocenters. The van der Waals surface area contributed by atoms with Crippen LogP contribution in [0.15, 0.2) is 0 Å². The minimum absolute atomic E-state index is 0.0247. The van der Waals surface area contributed by atoms with E-state index in [4.69, 9.17) is 10.8 Å². The lowest BCUT2D eigenvalue weighted by Crippen LogP contribution is -2.52. The maximum absolute atomic E-state index is 11.8. The largest absolute Gasteiger partial charge is 0.481 e. The Bertz CT molecular complexity index is 294. The number of carboxylic acids is 1. The summed E-state index contributed by atoms with van der Waals surface area (Å²) in [7, 11) is 0. The molecule has 0 spiro atoms. The van der Waals surface area contributed by atoms with E-state index in [1.807, 2.05) is 11.8 Å². The number of hydrogen-bond donors (Lipinski definition) is 2. The lowest BCUT2D eigenvalue weighted by atomic mass is 10.1. The highest BCUT2D eigenvalue weighted by molar-refractivity contribution is 8.00. The molecule has 6 heteroatoms. The van der Waals surface area contributed by atoms with Crippen LogP contribution in [0.25, 0.3) is 0 Å². The van der Waals surface area contributed by atoms with Crippen molar-refractivity contribution < 1.29 is 14.7 Å². The van der Waals surface area contributed by atoms with Crippen LogP contribution in [0.2, 0.25) is 0 Å². The van der Waals surface area contributed by atoms with Crippen LogP contribution in [0.1, 0.15) is 20.3 Å². The number of nitrogens with zero attached hydrogens (tertiary/aromatic N) is 1. The van der Waals surface area contributed by atoms with Crippen LogP contribution in [0, 0.1) is 0 Å². The third-order valence-corrected chi connectivity index (χ3v) is 3.75. The molecular weight excluding hydrogens is 228 g/mol. The van der Waals surface area contributed by atoms with Crippen LogP contribution in [0.5, 0.6) is 0 Å². The Labute approximate surface area is 99.4 Å². The summed E-state index contributed by atoms with van der Waals surface area (Å²) < 4.78 is 0.0247. The van der Waals surface area contributed by atoms with Crippen molar-refractivity contribution in [3.8, 4) is 0 Å². The average Bonchev–Trinajstić information content (AvgIpc) is 2.13. The second-order valence-electron chi connectivity index (χ2n) is 4.57. The molecule has 0 radical (unpaired) electrons. The lowest BCUT2D eigenvalue weighted by Gasteiger charge is -2.38. The second kappa shape index (κ2) is 5.05. The van der Waals surface area contributed by atoms with E-state index in [0.717, 1.165) is 5.75 Å². The number of carbonyl (C=O) groups excluding carboxylic acids is 1. The van der Waals surface area contributed by atoms with Gasteiger partial charge in [-0.2, -0.15) is 11.8 Å². The standard InChI is InChI=1S/C10H18N2O3S/c1-10(2)6-12(3-4-16-10)9(15)7(11)5-8(13)14/h7H,3-6,11H2,1-2H3,(H,13,14). The van der Waals surface area contributed by atoms with E-state index in [1.54, 1.807) is 4.90 Å². The number of nitrogens with two attached hydrogens (primary N) is 1. The number of thioether (sulfide) groups is 1. The summed E-state index contributed by atoms with van der Waals surface area (Å²) in [6.45, 7) is 5.42. The van der Waals surface area contributed by atoms with Gasteiger partial charge in [0.2, 0.25) is 5.91 Å². The first kappa shape index (κ1) is 13.3. The van der Waals surface area contributed by atoms with Gasteiger partial charge in [-0.3, -0.25) is 9.59 Å². The quantitative estimate of drug-likeness (QED) is 0.740. The van der Waals surface area contributed by atoms with Gasteiger partial charge in [0.25, 0.3) is 0 Å². The smallest absolute Gasteiger partial charge is 0.305 e. The average molecular weight is 246 g/mol. The molecule has 3 N–H and O–H groups in total. The van der Waals surface area contributed by atoms with Crippen molar-refractivity contribution in [1.82, 2.24) is 4.90 Å². The molecule has 16 heavy (non-hydrogen) atoms. The Hall–Kier alpha value is -0.750. The van der Waals surface area contributed by atoms with Crippen LogP contribution < -0.4 is 5.73 Å². The van der Waals surface area contributed by atoms with Crippen LogP contribution in [-0.4, -0.2) is 51.5 Å². The van der Waals surface area contributed by atoms with Gasteiger partial charge < -0.3 is 15.7 Å². The maximum atomic E-state index is 11.8. The van der Waals surface area contributed by atoms with Gasteiger partial charge in [-0.15, -0.1) is 0 Å². The fourth-order valence-electron chi connectivity index (χ4n) is 1.71. The SMILES string of the molecule is CC1(C)CN(C(=O)C(N)CC(=O)O)CCS1. The molecule has 1 saturated heterocycles. The zero-order valence-electron chi connectivity index (χ0n) is 9.60. The molecule has 0 aromatic rings. The van der Waals surface area contributed by atoms with Crippen molar-refractivity contribution >= 4 is 23.6 Å². The molecule has 1 aliphatic heterocycles. The first-order valence-corrected chi connectivity index (χ1v) is 6.20. The molecule has 92 valence electrons. The van der Waals surface area contributed by atoms with Crippen molar-refractivity contribution in [3.63, 3.8) is 0 Å². The predicted molar refractivity (Wildman–Crippen MR) is 63.3 cm³/mol. The van der Waals surface area contributed by atoms with E-state index >= 15 is 0 Å². The molecule has 1 atom stereocenters. The minimum Gasteiger partial charge on any atom is -0.481 e. The number of aliphatic carboxylic acids is 1. The normalized spacial score (nSPS) is 21.6. The van der Waals surface area contributed by atoms with E-state index in [9.17, 15) is 9.59 Å². The highest BCUT2D eigenvalue weighted by Crippen LogP contribution is 2.29. The summed E-state index contributed by atoms with van der Waals surface area (Å²) >= 11 is 1.82. The van der Waals surface area contributed by atoms with Gasteiger partial charge in [0.05, 0.1) is 12.5 Å². The Morgan fingerprint density at radius 1 is 1.56 bits per heavy atom. The zero-order valence-corrected chi connectivity index (χ0v) is 10.4. The summed E-state index contributed by atoms with van der Waals surface area (Å²) in [6.07, 6.45) is -0.303. The van der Waals surface area contributed by atoms with Crippen LogP contribution in [-0.2, 0) is 9.59 Å². The summed E-state index contributed by atoms with van der Waals surface area (Å²) in [4.78, 5) is 24.0. The molecule has 0 aromatic heterocycles. The number of amides is 1. The zero-order chi connectivity index (χ0) is 12.3. The molecule has 1 heterocycles. The molecule has 1 fully saturated rings. The van der Waals surface area contributed by atoms with Gasteiger partial charge in [0.1, 0.15) is 0 Å². The molecule has 1 aliphatic rings.